The molecule has 0 N–H and O–H groups in total. The van der Waals surface area contributed by atoms with Gasteiger partial charge in [0.15, 0.2) is 5.60 Å². The fourth-order valence-electron chi connectivity index (χ4n) is 3.19. The molecular formula is C19H15F6NO2. The second-order valence-electron chi connectivity index (χ2n) is 6.57. The van der Waals surface area contributed by atoms with Crippen LogP contribution >= 0.6 is 0 Å². The van der Waals surface area contributed by atoms with E-state index in [-0.39, 0.29) is 12.1 Å². The van der Waals surface area contributed by atoms with Crippen LogP contribution in [-0.4, -0.2) is 23.7 Å². The molecule has 0 aliphatic carbocycles. The Hall–Kier alpha value is -2.71. The lowest BCUT2D eigenvalue weighted by Gasteiger charge is -2.28. The van der Waals surface area contributed by atoms with Crippen molar-refractivity contribution >= 4 is 6.09 Å². The largest absolute Gasteiger partial charge is 0.436 e. The van der Waals surface area contributed by atoms with E-state index in [0.29, 0.717) is 17.7 Å². The molecule has 1 atom stereocenters. The predicted octanol–water partition coefficient (Wildman–Crippen LogP) is 5.51. The number of alkyl halides is 6. The van der Waals surface area contributed by atoms with Gasteiger partial charge < -0.3 is 4.74 Å². The van der Waals surface area contributed by atoms with Crippen LogP contribution in [0.1, 0.15) is 23.1 Å². The zero-order valence-electron chi connectivity index (χ0n) is 14.3. The molecule has 150 valence electrons. The molecule has 3 nitrogen and oxygen atoms in total. The molecule has 3 rings (SSSR count). The van der Waals surface area contributed by atoms with Gasteiger partial charge in [-0.1, -0.05) is 42.5 Å². The minimum absolute atomic E-state index is 0.0277. The maximum absolute atomic E-state index is 13.2. The Morgan fingerprint density at radius 3 is 2.07 bits per heavy atom. The van der Waals surface area contributed by atoms with Crippen molar-refractivity contribution in [3.05, 3.63) is 71.3 Å². The van der Waals surface area contributed by atoms with Gasteiger partial charge in [-0.05, 0) is 23.3 Å². The van der Waals surface area contributed by atoms with Crippen molar-refractivity contribution in [3.63, 3.8) is 0 Å². The van der Waals surface area contributed by atoms with E-state index in [1.54, 1.807) is 30.3 Å². The Balaban J connectivity index is 1.92. The summed E-state index contributed by atoms with van der Waals surface area (Å²) in [5.41, 5.74) is -2.55. The van der Waals surface area contributed by atoms with Crippen LogP contribution in [0.2, 0.25) is 0 Å². The van der Waals surface area contributed by atoms with Gasteiger partial charge >= 0.3 is 18.4 Å². The molecule has 1 unspecified atom stereocenters. The molecule has 1 amide bonds. The van der Waals surface area contributed by atoms with Crippen LogP contribution in [-0.2, 0) is 23.1 Å². The van der Waals surface area contributed by atoms with Crippen molar-refractivity contribution in [2.24, 2.45) is 0 Å². The number of nitrogens with zero attached hydrogens (tertiary/aromatic N) is 1. The van der Waals surface area contributed by atoms with Crippen LogP contribution in [0.5, 0.6) is 0 Å². The fraction of sp³-hybridized carbons (Fsp3) is 0.316. The van der Waals surface area contributed by atoms with Gasteiger partial charge in [0.1, 0.15) is 0 Å². The number of cyclic esters (lactones) is 1. The predicted molar refractivity (Wildman–Crippen MR) is 87.1 cm³/mol. The zero-order valence-corrected chi connectivity index (χ0v) is 14.3. The highest BCUT2D eigenvalue weighted by Gasteiger charge is 2.53. The van der Waals surface area contributed by atoms with Gasteiger partial charge in [-0.2, -0.15) is 26.3 Å². The summed E-state index contributed by atoms with van der Waals surface area (Å²) in [6, 6.07) is 11.8. The molecule has 1 heterocycles. The first-order chi connectivity index (χ1) is 13.0. The third kappa shape index (κ3) is 4.40. The minimum Gasteiger partial charge on any atom is -0.436 e. The number of ether oxygens (including phenoxy) is 1. The first kappa shape index (κ1) is 20.0. The number of hydrogen-bond acceptors (Lipinski definition) is 2. The monoisotopic (exact) mass is 403 g/mol. The van der Waals surface area contributed by atoms with E-state index in [4.69, 9.17) is 4.74 Å². The lowest BCUT2D eigenvalue weighted by molar-refractivity contribution is -0.171. The Kier molecular flexibility index (Phi) is 5.03. The maximum Gasteiger partial charge on any atom is 0.416 e. The van der Waals surface area contributed by atoms with E-state index in [1.165, 1.54) is 0 Å². The fourth-order valence-corrected chi connectivity index (χ4v) is 3.19. The molecular weight excluding hydrogens is 388 g/mol. The average Bonchev–Trinajstić information content (AvgIpc) is 2.90. The average molecular weight is 403 g/mol. The summed E-state index contributed by atoms with van der Waals surface area (Å²) in [4.78, 5) is 13.3. The zero-order chi connectivity index (χ0) is 20.6. The normalized spacial score (nSPS) is 20.4. The highest BCUT2D eigenvalue weighted by molar-refractivity contribution is 5.71. The summed E-state index contributed by atoms with van der Waals surface area (Å²) in [5.74, 6) is 0. The topological polar surface area (TPSA) is 29.5 Å². The summed E-state index contributed by atoms with van der Waals surface area (Å²) >= 11 is 0. The van der Waals surface area contributed by atoms with Crippen molar-refractivity contribution in [2.75, 3.05) is 6.54 Å². The molecule has 28 heavy (non-hydrogen) atoms. The molecule has 1 saturated heterocycles. The third-order valence-electron chi connectivity index (χ3n) is 4.43. The smallest absolute Gasteiger partial charge is 0.416 e. The Labute approximate surface area is 156 Å². The molecule has 0 aromatic heterocycles. The third-order valence-corrected chi connectivity index (χ3v) is 4.43. The highest BCUT2D eigenvalue weighted by Crippen LogP contribution is 2.43. The van der Waals surface area contributed by atoms with E-state index in [0.717, 1.165) is 17.0 Å². The number of hydrogen-bond donors (Lipinski definition) is 0. The van der Waals surface area contributed by atoms with Gasteiger partial charge in [0, 0.05) is 6.54 Å². The van der Waals surface area contributed by atoms with Crippen molar-refractivity contribution in [1.29, 1.82) is 0 Å². The van der Waals surface area contributed by atoms with Crippen molar-refractivity contribution in [2.45, 2.75) is 30.9 Å². The van der Waals surface area contributed by atoms with E-state index >= 15 is 0 Å². The van der Waals surface area contributed by atoms with E-state index in [2.05, 4.69) is 0 Å². The summed E-state index contributed by atoms with van der Waals surface area (Å²) in [7, 11) is 0. The minimum atomic E-state index is -4.69. The number of carbonyl (C=O) groups excluding carboxylic acids is 1. The van der Waals surface area contributed by atoms with Crippen LogP contribution in [0.15, 0.2) is 54.6 Å². The van der Waals surface area contributed by atoms with Gasteiger partial charge in [-0.3, -0.25) is 4.90 Å². The Morgan fingerprint density at radius 1 is 0.929 bits per heavy atom. The molecule has 0 radical (unpaired) electrons. The van der Waals surface area contributed by atoms with Crippen LogP contribution in [0, 0.1) is 0 Å². The maximum atomic E-state index is 13.2. The molecule has 1 fully saturated rings. The van der Waals surface area contributed by atoms with Crippen molar-refractivity contribution in [3.8, 4) is 0 Å². The van der Waals surface area contributed by atoms with Crippen molar-refractivity contribution < 1.29 is 35.9 Å². The van der Waals surface area contributed by atoms with Gasteiger partial charge in [0.25, 0.3) is 0 Å². The SMILES string of the molecule is O=C1OC(CC(F)(F)F)(c2ccc(C(F)(F)F)cc2)CN1Cc1ccccc1. The van der Waals surface area contributed by atoms with E-state index in [9.17, 15) is 31.1 Å². The number of halogens is 6. The van der Waals surface area contributed by atoms with Crippen LogP contribution in [0.3, 0.4) is 0 Å². The number of carbonyl (C=O) groups is 1. The second-order valence-corrected chi connectivity index (χ2v) is 6.57. The molecule has 0 bridgehead atoms. The molecule has 2 aromatic carbocycles. The number of rotatable bonds is 4. The summed E-state index contributed by atoms with van der Waals surface area (Å²) < 4.78 is 83.0. The first-order valence-electron chi connectivity index (χ1n) is 8.25. The molecule has 2 aromatic rings. The lowest BCUT2D eigenvalue weighted by atomic mass is 9.89. The van der Waals surface area contributed by atoms with Gasteiger partial charge in [-0.25, -0.2) is 4.79 Å². The summed E-state index contributed by atoms with van der Waals surface area (Å²) in [5, 5.41) is 0. The lowest BCUT2D eigenvalue weighted by Crippen LogP contribution is -2.36. The number of benzene rings is 2. The molecule has 0 saturated carbocycles. The van der Waals surface area contributed by atoms with Crippen LogP contribution in [0.25, 0.3) is 0 Å². The molecule has 1 aliphatic heterocycles. The number of amides is 1. The van der Waals surface area contributed by atoms with Crippen LogP contribution < -0.4 is 0 Å². The van der Waals surface area contributed by atoms with E-state index in [1.807, 2.05) is 0 Å². The highest BCUT2D eigenvalue weighted by atomic mass is 19.4. The quantitative estimate of drug-likeness (QED) is 0.631. The second kappa shape index (κ2) is 7.03. The Morgan fingerprint density at radius 2 is 1.54 bits per heavy atom. The van der Waals surface area contributed by atoms with Crippen molar-refractivity contribution in [1.82, 2.24) is 4.90 Å². The summed E-state index contributed by atoms with van der Waals surface area (Å²) in [6.07, 6.45) is -11.8. The van der Waals surface area contributed by atoms with Crippen LogP contribution in [0.4, 0.5) is 31.1 Å². The van der Waals surface area contributed by atoms with E-state index < -0.39 is 42.6 Å². The standard InChI is InChI=1S/C19H15F6NO2/c20-18(21,22)11-17(14-6-8-15(9-7-14)19(23,24)25)12-26(16(27)28-17)10-13-4-2-1-3-5-13/h1-9H,10-12H2. The molecule has 1 aliphatic rings. The molecule has 9 heteroatoms. The van der Waals surface area contributed by atoms with Gasteiger partial charge in [0.2, 0.25) is 0 Å². The van der Waals surface area contributed by atoms with Gasteiger partial charge in [0.05, 0.1) is 18.5 Å². The Bertz CT molecular complexity index is 832. The summed E-state index contributed by atoms with van der Waals surface area (Å²) in [6.45, 7) is -0.397. The first-order valence-corrected chi connectivity index (χ1v) is 8.25. The molecule has 0 spiro atoms. The van der Waals surface area contributed by atoms with Gasteiger partial charge in [-0.15, -0.1) is 0 Å².